The van der Waals surface area contributed by atoms with Gasteiger partial charge in [-0.1, -0.05) is 102 Å². The van der Waals surface area contributed by atoms with Crippen LogP contribution in [0.25, 0.3) is 0 Å². The van der Waals surface area contributed by atoms with Crippen LogP contribution in [-0.4, -0.2) is 64.5 Å². The van der Waals surface area contributed by atoms with Gasteiger partial charge in [-0.05, 0) is 72.1 Å². The van der Waals surface area contributed by atoms with Crippen molar-refractivity contribution in [3.05, 3.63) is 148 Å². The summed E-state index contributed by atoms with van der Waals surface area (Å²) in [6, 6.07) is 36.9. The molecule has 2 aliphatic rings. The van der Waals surface area contributed by atoms with Crippen LogP contribution in [-0.2, 0) is 28.1 Å². The number of oxime groups is 1. The van der Waals surface area contributed by atoms with E-state index in [4.69, 9.17) is 26.0 Å². The molecule has 1 aliphatic carbocycles. The molecule has 278 valence electrons. The largest absolute Gasteiger partial charge is 0.490 e. The Kier molecular flexibility index (Phi) is 11.5. The predicted octanol–water partition coefficient (Wildman–Crippen LogP) is 6.37. The first-order valence-corrected chi connectivity index (χ1v) is 19.2. The van der Waals surface area contributed by atoms with Crippen LogP contribution in [0.3, 0.4) is 0 Å². The number of nitrogens with one attached hydrogen (secondary N) is 1. The zero-order valence-electron chi connectivity index (χ0n) is 30.0. The number of aliphatic imine (C=N–C) groups is 1. The number of hydrogen-bond acceptors (Lipinski definition) is 9. The van der Waals surface area contributed by atoms with Crippen molar-refractivity contribution < 1.29 is 19.5 Å². The fourth-order valence-electron chi connectivity index (χ4n) is 7.20. The molecule has 1 fully saturated rings. The molecule has 1 aromatic heterocycles. The van der Waals surface area contributed by atoms with Crippen LogP contribution in [0.4, 0.5) is 5.13 Å². The summed E-state index contributed by atoms with van der Waals surface area (Å²) in [5.41, 5.74) is 17.0. The van der Waals surface area contributed by atoms with E-state index < -0.39 is 11.5 Å². The van der Waals surface area contributed by atoms with Gasteiger partial charge in [0.15, 0.2) is 17.7 Å². The molecule has 0 saturated heterocycles. The van der Waals surface area contributed by atoms with Crippen molar-refractivity contribution in [2.45, 2.75) is 56.3 Å². The van der Waals surface area contributed by atoms with Gasteiger partial charge in [0.2, 0.25) is 5.71 Å². The molecular formula is C42H45N7O4S. The Hall–Kier alpha value is -5.72. The number of nitrogens with two attached hydrogens (primary N) is 2. The van der Waals surface area contributed by atoms with Crippen molar-refractivity contribution in [3.63, 3.8) is 0 Å². The van der Waals surface area contributed by atoms with E-state index in [0.29, 0.717) is 23.4 Å². The zero-order chi connectivity index (χ0) is 37.3. The number of guanidine groups is 1. The van der Waals surface area contributed by atoms with Crippen LogP contribution >= 0.6 is 11.3 Å². The highest BCUT2D eigenvalue weighted by molar-refractivity contribution is 7.14. The number of ether oxygens (including phenoxy) is 1. The maximum Gasteiger partial charge on any atom is 0.360 e. The maximum absolute atomic E-state index is 12.3. The summed E-state index contributed by atoms with van der Waals surface area (Å²) >= 11 is 1.30. The fourth-order valence-corrected chi connectivity index (χ4v) is 7.95. The smallest absolute Gasteiger partial charge is 0.360 e. The lowest BCUT2D eigenvalue weighted by Gasteiger charge is -2.36. The third-order valence-electron chi connectivity index (χ3n) is 10.0. The van der Waals surface area contributed by atoms with Gasteiger partial charge in [0.1, 0.15) is 23.6 Å². The van der Waals surface area contributed by atoms with Crippen LogP contribution in [0, 0.1) is 0 Å². The lowest BCUT2D eigenvalue weighted by atomic mass is 9.77. The van der Waals surface area contributed by atoms with E-state index >= 15 is 0 Å². The third kappa shape index (κ3) is 8.40. The van der Waals surface area contributed by atoms with Gasteiger partial charge < -0.3 is 36.4 Å². The second-order valence-electron chi connectivity index (χ2n) is 13.6. The van der Waals surface area contributed by atoms with Gasteiger partial charge in [0, 0.05) is 24.5 Å². The molecule has 12 heteroatoms. The van der Waals surface area contributed by atoms with Crippen LogP contribution < -0.4 is 21.5 Å². The number of benzene rings is 4. The van der Waals surface area contributed by atoms with Gasteiger partial charge in [0.25, 0.3) is 0 Å². The second-order valence-corrected chi connectivity index (χ2v) is 14.5. The van der Waals surface area contributed by atoms with Gasteiger partial charge in [-0.2, -0.15) is 0 Å². The van der Waals surface area contributed by atoms with Crippen molar-refractivity contribution in [2.75, 3.05) is 25.1 Å². The Morgan fingerprint density at radius 1 is 0.889 bits per heavy atom. The molecule has 5 aromatic rings. The van der Waals surface area contributed by atoms with E-state index in [1.54, 1.807) is 5.38 Å². The summed E-state index contributed by atoms with van der Waals surface area (Å²) in [7, 11) is 0. The highest BCUT2D eigenvalue weighted by Crippen LogP contribution is 2.40. The Labute approximate surface area is 319 Å². The van der Waals surface area contributed by atoms with Crippen molar-refractivity contribution >= 4 is 34.1 Å². The molecule has 0 unspecified atom stereocenters. The number of aromatic nitrogens is 1. The minimum Gasteiger partial charge on any atom is -0.490 e. The van der Waals surface area contributed by atoms with Crippen molar-refractivity contribution in [1.82, 2.24) is 9.88 Å². The average Bonchev–Trinajstić information content (AvgIpc) is 3.67. The molecule has 6 N–H and O–H groups in total. The summed E-state index contributed by atoms with van der Waals surface area (Å²) in [6.07, 6.45) is 4.80. The number of aliphatic carboxylic acids is 1. The lowest BCUT2D eigenvalue weighted by Crippen LogP contribution is -2.42. The molecule has 0 amide bonds. The molecular weight excluding hydrogens is 699 g/mol. The number of nitrogens with zero attached hydrogens (tertiary/aromatic N) is 4. The summed E-state index contributed by atoms with van der Waals surface area (Å²) in [5.74, 6) is 0.0672. The normalized spacial score (nSPS) is 17.8. The van der Waals surface area contributed by atoms with E-state index in [1.165, 1.54) is 22.5 Å². The summed E-state index contributed by atoms with van der Waals surface area (Å²) < 4.78 is 5.95. The van der Waals surface area contributed by atoms with Gasteiger partial charge >= 0.3 is 5.97 Å². The van der Waals surface area contributed by atoms with Crippen molar-refractivity contribution in [1.29, 1.82) is 0 Å². The molecule has 0 spiro atoms. The van der Waals surface area contributed by atoms with Gasteiger partial charge in [0.05, 0.1) is 6.04 Å². The molecule has 1 saturated carbocycles. The van der Waals surface area contributed by atoms with Crippen LogP contribution in [0.15, 0.2) is 125 Å². The van der Waals surface area contributed by atoms with Crippen molar-refractivity contribution in [3.8, 4) is 5.75 Å². The number of thiazole rings is 1. The molecule has 11 nitrogen and oxygen atoms in total. The number of anilines is 1. The number of carboxylic acid groups (broad SMARTS) is 1. The Bertz CT molecular complexity index is 1970. The molecule has 4 aromatic carbocycles. The monoisotopic (exact) mass is 743 g/mol. The van der Waals surface area contributed by atoms with Gasteiger partial charge in [-0.3, -0.25) is 0 Å². The average molecular weight is 744 g/mol. The quantitative estimate of drug-likeness (QED) is 0.0353. The SMILES string of the molecule is NC(=NC1CCC(N)CC1)N1CCc2cc(OCCO/N=C(\C(=O)O)c3csc(NC(c4ccccc4)(c4ccccc4)c4ccccc4)n3)ccc2C1. The van der Waals surface area contributed by atoms with Crippen LogP contribution in [0.5, 0.6) is 5.75 Å². The first-order chi connectivity index (χ1) is 26.4. The Morgan fingerprint density at radius 2 is 1.52 bits per heavy atom. The summed E-state index contributed by atoms with van der Waals surface area (Å²) in [6.45, 7) is 1.72. The first-order valence-electron chi connectivity index (χ1n) is 18.3. The molecule has 0 atom stereocenters. The molecule has 0 bridgehead atoms. The summed E-state index contributed by atoms with van der Waals surface area (Å²) in [4.78, 5) is 29.4. The molecule has 2 heterocycles. The highest BCUT2D eigenvalue weighted by atomic mass is 32.1. The zero-order valence-corrected chi connectivity index (χ0v) is 30.8. The van der Waals surface area contributed by atoms with E-state index in [2.05, 4.69) is 62.8 Å². The number of fused-ring (bicyclic) bond motifs is 1. The molecule has 7 rings (SSSR count). The standard InChI is InChI=1S/C42H45N7O4S/c43-34-17-19-35(20-18-34)45-40(44)49-23-22-29-26-36(21-16-30(29)27-49)52-24-25-53-48-38(39(50)51)37-28-54-41(46-37)47-42(31-10-4-1-5-11-31,32-12-6-2-7-13-32)33-14-8-3-9-15-33/h1-16,21,26,28,34-35H,17-20,22-25,27,43H2,(H2,44,45)(H,46,47)(H,50,51)/b48-38-. The maximum atomic E-state index is 12.3. The third-order valence-corrected chi connectivity index (χ3v) is 10.8. The summed E-state index contributed by atoms with van der Waals surface area (Å²) in [5, 5.41) is 19.9. The number of carbonyl (C=O) groups is 1. The van der Waals surface area contributed by atoms with E-state index in [1.807, 2.05) is 66.7 Å². The van der Waals surface area contributed by atoms with Crippen LogP contribution in [0.1, 0.15) is 59.2 Å². The number of rotatable bonds is 13. The minimum atomic E-state index is -1.24. The number of hydrogen-bond donors (Lipinski definition) is 4. The van der Waals surface area contributed by atoms with E-state index in [-0.39, 0.29) is 36.7 Å². The minimum absolute atomic E-state index is 0.0507. The highest BCUT2D eigenvalue weighted by Gasteiger charge is 2.37. The Balaban J connectivity index is 0.990. The Morgan fingerprint density at radius 3 is 2.13 bits per heavy atom. The molecule has 1 aliphatic heterocycles. The molecule has 0 radical (unpaired) electrons. The molecule has 54 heavy (non-hydrogen) atoms. The second kappa shape index (κ2) is 17.0. The van der Waals surface area contributed by atoms with Crippen molar-refractivity contribution in [2.24, 2.45) is 21.6 Å². The van der Waals surface area contributed by atoms with Gasteiger partial charge in [-0.25, -0.2) is 14.8 Å². The van der Waals surface area contributed by atoms with E-state index in [0.717, 1.165) is 55.3 Å². The first kappa shape index (κ1) is 36.6. The number of carboxylic acids is 1. The van der Waals surface area contributed by atoms with Crippen LogP contribution in [0.2, 0.25) is 0 Å². The van der Waals surface area contributed by atoms with Gasteiger partial charge in [-0.15, -0.1) is 11.3 Å². The predicted molar refractivity (Wildman–Crippen MR) is 213 cm³/mol. The fraction of sp³-hybridized carbons (Fsp3) is 0.286. The lowest BCUT2D eigenvalue weighted by molar-refractivity contribution is -0.129. The van der Waals surface area contributed by atoms with E-state index in [9.17, 15) is 9.90 Å². The topological polar surface area (TPSA) is 161 Å².